The molecule has 0 aromatic carbocycles. The smallest absolute Gasteiger partial charge is 0.249 e. The summed E-state index contributed by atoms with van der Waals surface area (Å²) in [5.41, 5.74) is 1.32. The summed E-state index contributed by atoms with van der Waals surface area (Å²) in [5, 5.41) is 2.87. The number of piperazine rings is 1. The molecule has 108 valence electrons. The molecule has 0 bridgehead atoms. The van der Waals surface area contributed by atoms with Crippen LogP contribution in [-0.4, -0.2) is 33.8 Å². The van der Waals surface area contributed by atoms with Crippen LogP contribution < -0.4 is 5.32 Å². The highest BCUT2D eigenvalue weighted by atomic mass is 16.2. The van der Waals surface area contributed by atoms with E-state index in [2.05, 4.69) is 10.3 Å². The van der Waals surface area contributed by atoms with Gasteiger partial charge in [-0.1, -0.05) is 13.8 Å². The predicted octanol–water partition coefficient (Wildman–Crippen LogP) is 1.41. The van der Waals surface area contributed by atoms with Gasteiger partial charge >= 0.3 is 0 Å². The van der Waals surface area contributed by atoms with Crippen LogP contribution in [0.25, 0.3) is 0 Å². The van der Waals surface area contributed by atoms with Crippen molar-refractivity contribution in [2.24, 2.45) is 0 Å². The van der Waals surface area contributed by atoms with E-state index in [1.807, 2.05) is 26.8 Å². The lowest BCUT2D eigenvalue weighted by molar-refractivity contribution is -0.151. The number of aryl methyl sites for hydroxylation is 1. The Morgan fingerprint density at radius 1 is 1.35 bits per heavy atom. The Bertz CT molecular complexity index is 524. The van der Waals surface area contributed by atoms with Crippen LogP contribution in [0.4, 0.5) is 0 Å². The average Bonchev–Trinajstić information content (AvgIpc) is 2.45. The van der Waals surface area contributed by atoms with E-state index >= 15 is 0 Å². The third kappa shape index (κ3) is 2.53. The molecule has 5 nitrogen and oxygen atoms in total. The van der Waals surface area contributed by atoms with E-state index in [-0.39, 0.29) is 18.4 Å². The minimum atomic E-state index is -0.740. The Labute approximate surface area is 119 Å². The number of pyridine rings is 1. The van der Waals surface area contributed by atoms with Crippen molar-refractivity contribution in [1.82, 2.24) is 15.2 Å². The Hall–Kier alpha value is -1.91. The van der Waals surface area contributed by atoms with Gasteiger partial charge in [-0.3, -0.25) is 14.6 Å². The van der Waals surface area contributed by atoms with Crippen LogP contribution in [0.2, 0.25) is 0 Å². The van der Waals surface area contributed by atoms with Gasteiger partial charge in [0.2, 0.25) is 11.8 Å². The maximum absolute atomic E-state index is 12.7. The second-order valence-corrected chi connectivity index (χ2v) is 5.30. The number of hydrogen-bond acceptors (Lipinski definition) is 3. The first-order valence-corrected chi connectivity index (χ1v) is 7.02. The van der Waals surface area contributed by atoms with Crippen LogP contribution in [0, 0.1) is 6.92 Å². The predicted molar refractivity (Wildman–Crippen MR) is 75.8 cm³/mol. The van der Waals surface area contributed by atoms with Gasteiger partial charge in [-0.05, 0) is 37.0 Å². The fourth-order valence-corrected chi connectivity index (χ4v) is 2.65. The van der Waals surface area contributed by atoms with Gasteiger partial charge in [0.15, 0.2) is 0 Å². The molecule has 1 aliphatic rings. The average molecular weight is 275 g/mol. The van der Waals surface area contributed by atoms with E-state index in [0.29, 0.717) is 19.4 Å². The standard InChI is InChI=1S/C15H21N3O2/c1-4-15(5-2)14(20)18(10-13(19)17-15)9-12-6-7-16-8-11(12)3/h6-8H,4-5,9-10H2,1-3H3,(H,17,19). The number of hydrogen-bond donors (Lipinski definition) is 1. The van der Waals surface area contributed by atoms with Crippen molar-refractivity contribution < 1.29 is 9.59 Å². The topological polar surface area (TPSA) is 62.3 Å². The molecule has 1 aliphatic heterocycles. The van der Waals surface area contributed by atoms with E-state index < -0.39 is 5.54 Å². The van der Waals surface area contributed by atoms with Crippen molar-refractivity contribution in [3.8, 4) is 0 Å². The minimum absolute atomic E-state index is 0.0123. The van der Waals surface area contributed by atoms with E-state index in [9.17, 15) is 9.59 Å². The molecule has 5 heteroatoms. The monoisotopic (exact) mass is 275 g/mol. The van der Waals surface area contributed by atoms with Crippen molar-refractivity contribution in [1.29, 1.82) is 0 Å². The van der Waals surface area contributed by atoms with Crippen molar-refractivity contribution in [2.75, 3.05) is 6.54 Å². The summed E-state index contributed by atoms with van der Waals surface area (Å²) in [5.74, 6) is -0.0710. The first-order chi connectivity index (χ1) is 9.52. The van der Waals surface area contributed by atoms with Gasteiger partial charge in [0.05, 0.1) is 6.54 Å². The molecule has 2 rings (SSSR count). The summed E-state index contributed by atoms with van der Waals surface area (Å²) in [6.45, 7) is 6.42. The summed E-state index contributed by atoms with van der Waals surface area (Å²) in [6, 6.07) is 1.90. The summed E-state index contributed by atoms with van der Waals surface area (Å²) in [7, 11) is 0. The number of nitrogens with zero attached hydrogens (tertiary/aromatic N) is 2. The van der Waals surface area contributed by atoms with Gasteiger partial charge in [-0.25, -0.2) is 0 Å². The number of nitrogens with one attached hydrogen (secondary N) is 1. The molecule has 2 amide bonds. The summed E-state index contributed by atoms with van der Waals surface area (Å²) in [6.07, 6.45) is 4.71. The maximum Gasteiger partial charge on any atom is 0.249 e. The molecule has 1 aromatic heterocycles. The highest BCUT2D eigenvalue weighted by molar-refractivity contribution is 5.97. The van der Waals surface area contributed by atoms with E-state index in [1.165, 1.54) is 0 Å². The molecule has 0 atom stereocenters. The quantitative estimate of drug-likeness (QED) is 0.903. The van der Waals surface area contributed by atoms with Crippen molar-refractivity contribution in [2.45, 2.75) is 45.7 Å². The van der Waals surface area contributed by atoms with E-state index in [0.717, 1.165) is 11.1 Å². The molecular formula is C15H21N3O2. The third-order valence-corrected chi connectivity index (χ3v) is 4.11. The molecular weight excluding hydrogens is 254 g/mol. The lowest BCUT2D eigenvalue weighted by Crippen LogP contribution is -2.65. The fourth-order valence-electron chi connectivity index (χ4n) is 2.65. The lowest BCUT2D eigenvalue weighted by atomic mass is 9.88. The van der Waals surface area contributed by atoms with Gasteiger partial charge in [-0.2, -0.15) is 0 Å². The molecule has 0 radical (unpaired) electrons. The highest BCUT2D eigenvalue weighted by Crippen LogP contribution is 2.23. The first-order valence-electron chi connectivity index (χ1n) is 7.02. The molecule has 1 fully saturated rings. The zero-order valence-electron chi connectivity index (χ0n) is 12.3. The Morgan fingerprint density at radius 3 is 2.65 bits per heavy atom. The van der Waals surface area contributed by atoms with Gasteiger partial charge in [-0.15, -0.1) is 0 Å². The number of rotatable bonds is 4. The van der Waals surface area contributed by atoms with Gasteiger partial charge in [0.1, 0.15) is 5.54 Å². The molecule has 2 heterocycles. The Morgan fingerprint density at radius 2 is 2.05 bits per heavy atom. The van der Waals surface area contributed by atoms with Crippen LogP contribution in [-0.2, 0) is 16.1 Å². The summed E-state index contributed by atoms with van der Waals surface area (Å²) < 4.78 is 0. The number of carbonyl (C=O) groups is 2. The van der Waals surface area contributed by atoms with Crippen molar-refractivity contribution in [3.05, 3.63) is 29.6 Å². The van der Waals surface area contributed by atoms with Gasteiger partial charge < -0.3 is 10.2 Å². The largest absolute Gasteiger partial charge is 0.340 e. The van der Waals surface area contributed by atoms with Crippen molar-refractivity contribution in [3.63, 3.8) is 0 Å². The van der Waals surface area contributed by atoms with E-state index in [1.54, 1.807) is 17.3 Å². The SMILES string of the molecule is CCC1(CC)NC(=O)CN(Cc2ccncc2C)C1=O. The number of aromatic nitrogens is 1. The number of amides is 2. The molecule has 20 heavy (non-hydrogen) atoms. The zero-order chi connectivity index (χ0) is 14.8. The second kappa shape index (κ2) is 5.61. The molecule has 0 unspecified atom stereocenters. The van der Waals surface area contributed by atoms with Crippen LogP contribution in [0.5, 0.6) is 0 Å². The molecule has 1 aromatic rings. The Balaban J connectivity index is 2.25. The van der Waals surface area contributed by atoms with Crippen LogP contribution in [0.1, 0.15) is 37.8 Å². The van der Waals surface area contributed by atoms with Crippen LogP contribution >= 0.6 is 0 Å². The van der Waals surface area contributed by atoms with Crippen LogP contribution in [0.3, 0.4) is 0 Å². The summed E-state index contributed by atoms with van der Waals surface area (Å²) in [4.78, 5) is 30.3. The van der Waals surface area contributed by atoms with E-state index in [4.69, 9.17) is 0 Å². The molecule has 0 spiro atoms. The molecule has 1 saturated heterocycles. The normalized spacial score (nSPS) is 18.1. The van der Waals surface area contributed by atoms with Crippen molar-refractivity contribution >= 4 is 11.8 Å². The lowest BCUT2D eigenvalue weighted by Gasteiger charge is -2.41. The first kappa shape index (κ1) is 14.5. The fraction of sp³-hybridized carbons (Fsp3) is 0.533. The summed E-state index contributed by atoms with van der Waals surface area (Å²) >= 11 is 0. The van der Waals surface area contributed by atoms with Gasteiger partial charge in [0, 0.05) is 18.9 Å². The Kier molecular flexibility index (Phi) is 4.06. The maximum atomic E-state index is 12.7. The third-order valence-electron chi connectivity index (χ3n) is 4.11. The second-order valence-electron chi connectivity index (χ2n) is 5.30. The number of carbonyl (C=O) groups excluding carboxylic acids is 2. The minimum Gasteiger partial charge on any atom is -0.340 e. The molecule has 0 aliphatic carbocycles. The molecule has 1 N–H and O–H groups in total. The highest BCUT2D eigenvalue weighted by Gasteiger charge is 2.43. The van der Waals surface area contributed by atoms with Gasteiger partial charge in [0.25, 0.3) is 0 Å². The molecule has 0 saturated carbocycles. The zero-order valence-corrected chi connectivity index (χ0v) is 12.3. The van der Waals surface area contributed by atoms with Crippen LogP contribution in [0.15, 0.2) is 18.5 Å².